The largest absolute Gasteiger partial charge is 0.468 e. The van der Waals surface area contributed by atoms with Crippen LogP contribution in [0.2, 0.25) is 0 Å². The van der Waals surface area contributed by atoms with Crippen LogP contribution in [0.25, 0.3) is 5.57 Å². The second-order valence-corrected chi connectivity index (χ2v) is 8.69. The summed E-state index contributed by atoms with van der Waals surface area (Å²) >= 11 is 0. The zero-order chi connectivity index (χ0) is 30.2. The van der Waals surface area contributed by atoms with E-state index in [0.29, 0.717) is 24.3 Å². The van der Waals surface area contributed by atoms with Crippen LogP contribution in [-0.2, 0) is 32.8 Å². The average molecular weight is 583 g/mol. The normalized spacial score (nSPS) is 16.6. The highest BCUT2D eigenvalue weighted by Gasteiger charge is 2.42. The average Bonchev–Trinajstić information content (AvgIpc) is 2.86. The van der Waals surface area contributed by atoms with Gasteiger partial charge in [-0.25, -0.2) is 4.79 Å². The first-order chi connectivity index (χ1) is 18.4. The van der Waals surface area contributed by atoms with Crippen molar-refractivity contribution in [3.63, 3.8) is 0 Å². The molecule has 0 aliphatic carbocycles. The Hall–Kier alpha value is -3.71. The summed E-state index contributed by atoms with van der Waals surface area (Å²) in [6.07, 6.45) is -15.2. The molecule has 1 amide bonds. The Morgan fingerprint density at radius 3 is 1.85 bits per heavy atom. The van der Waals surface area contributed by atoms with Gasteiger partial charge in [0.1, 0.15) is 5.92 Å². The summed E-state index contributed by atoms with van der Waals surface area (Å²) in [6, 6.07) is 1.63. The fraction of sp³-hybridized carbons (Fsp3) is 0.385. The van der Waals surface area contributed by atoms with Gasteiger partial charge in [0, 0.05) is 5.56 Å². The van der Waals surface area contributed by atoms with Crippen molar-refractivity contribution in [2.24, 2.45) is 0 Å². The summed E-state index contributed by atoms with van der Waals surface area (Å²) in [5.41, 5.74) is -6.49. The number of methoxy groups -OCH3 is 1. The number of halogens is 9. The lowest BCUT2D eigenvalue weighted by Crippen LogP contribution is -2.42. The predicted molar refractivity (Wildman–Crippen MR) is 124 cm³/mol. The number of hydrogen-bond donors (Lipinski definition) is 0. The molecule has 1 heterocycles. The van der Waals surface area contributed by atoms with Crippen LogP contribution in [0.4, 0.5) is 50.0 Å². The first kappa shape index (κ1) is 30.8. The molecule has 0 bridgehead atoms. The molecule has 2 aromatic rings. The molecule has 0 fully saturated rings. The maximum atomic E-state index is 13.7. The molecule has 1 aliphatic rings. The highest BCUT2D eigenvalue weighted by atomic mass is 19.4. The minimum absolute atomic E-state index is 0.0903. The predicted octanol–water partition coefficient (Wildman–Crippen LogP) is 7.84. The number of nitrogens with zero attached hydrogens (tertiary/aromatic N) is 1. The summed E-state index contributed by atoms with van der Waals surface area (Å²) in [4.78, 5) is 26.8. The molecule has 0 aromatic heterocycles. The lowest BCUT2D eigenvalue weighted by Gasteiger charge is -2.37. The zero-order valence-corrected chi connectivity index (χ0v) is 21.1. The third kappa shape index (κ3) is 6.20. The number of benzene rings is 2. The van der Waals surface area contributed by atoms with Gasteiger partial charge in [-0.2, -0.15) is 39.5 Å². The van der Waals surface area contributed by atoms with Gasteiger partial charge in [-0.1, -0.05) is 13.0 Å². The molecule has 218 valence electrons. The minimum Gasteiger partial charge on any atom is -0.468 e. The van der Waals surface area contributed by atoms with E-state index >= 15 is 0 Å². The Labute approximate surface area is 222 Å². The van der Waals surface area contributed by atoms with Crippen LogP contribution < -0.4 is 4.90 Å². The van der Waals surface area contributed by atoms with E-state index in [1.165, 1.54) is 6.92 Å². The van der Waals surface area contributed by atoms with Gasteiger partial charge in [0.25, 0.3) is 0 Å². The monoisotopic (exact) mass is 583 g/mol. The summed E-state index contributed by atoms with van der Waals surface area (Å²) in [5.74, 6) is -3.35. The number of carbonyl (C=O) groups is 2. The van der Waals surface area contributed by atoms with E-state index in [1.54, 1.807) is 6.92 Å². The van der Waals surface area contributed by atoms with Crippen molar-refractivity contribution in [2.45, 2.75) is 50.8 Å². The second kappa shape index (κ2) is 11.0. The summed E-state index contributed by atoms with van der Waals surface area (Å²) in [5, 5.41) is 0. The van der Waals surface area contributed by atoms with Crippen molar-refractivity contribution < 1.29 is 58.6 Å². The molecule has 3 rings (SSSR count). The van der Waals surface area contributed by atoms with Crippen molar-refractivity contribution in [1.82, 2.24) is 0 Å². The fourth-order valence-corrected chi connectivity index (χ4v) is 4.39. The number of amides is 1. The molecule has 0 saturated heterocycles. The summed E-state index contributed by atoms with van der Waals surface area (Å²) < 4.78 is 132. The quantitative estimate of drug-likeness (QED) is 0.266. The molecule has 0 spiro atoms. The van der Waals surface area contributed by atoms with Gasteiger partial charge < -0.3 is 9.47 Å². The Bertz CT molecular complexity index is 1280. The molecule has 0 unspecified atom stereocenters. The highest BCUT2D eigenvalue weighted by Crippen LogP contribution is 2.47. The van der Waals surface area contributed by atoms with Crippen molar-refractivity contribution in [3.05, 3.63) is 70.3 Å². The van der Waals surface area contributed by atoms with Crippen molar-refractivity contribution in [1.29, 1.82) is 0 Å². The fourth-order valence-electron chi connectivity index (χ4n) is 4.39. The molecule has 14 heteroatoms. The van der Waals surface area contributed by atoms with Crippen LogP contribution in [0.15, 0.2) is 42.5 Å². The second-order valence-electron chi connectivity index (χ2n) is 8.69. The minimum atomic E-state index is -5.26. The van der Waals surface area contributed by atoms with Gasteiger partial charge in [0.05, 0.1) is 42.1 Å². The van der Waals surface area contributed by atoms with Gasteiger partial charge in [-0.15, -0.1) is 0 Å². The number of carbonyl (C=O) groups excluding carboxylic acids is 2. The van der Waals surface area contributed by atoms with Gasteiger partial charge in [0.15, 0.2) is 0 Å². The first-order valence-corrected chi connectivity index (χ1v) is 11.7. The van der Waals surface area contributed by atoms with E-state index in [0.717, 1.165) is 24.2 Å². The van der Waals surface area contributed by atoms with Crippen LogP contribution >= 0.6 is 0 Å². The third-order valence-electron chi connectivity index (χ3n) is 6.17. The van der Waals surface area contributed by atoms with E-state index in [1.807, 2.05) is 0 Å². The van der Waals surface area contributed by atoms with Gasteiger partial charge >= 0.3 is 30.6 Å². The van der Waals surface area contributed by atoms with Crippen LogP contribution in [0.5, 0.6) is 0 Å². The molecular formula is C26H22F9NO4. The Balaban J connectivity index is 2.40. The Morgan fingerprint density at radius 1 is 0.850 bits per heavy atom. The van der Waals surface area contributed by atoms with Gasteiger partial charge in [-0.05, 0) is 60.9 Å². The van der Waals surface area contributed by atoms with E-state index in [-0.39, 0.29) is 30.4 Å². The first-order valence-electron chi connectivity index (χ1n) is 11.7. The van der Waals surface area contributed by atoms with E-state index < -0.39 is 70.4 Å². The maximum Gasteiger partial charge on any atom is 0.416 e. The topological polar surface area (TPSA) is 55.8 Å². The van der Waals surface area contributed by atoms with E-state index in [9.17, 15) is 49.1 Å². The molecular weight excluding hydrogens is 561 g/mol. The molecule has 40 heavy (non-hydrogen) atoms. The van der Waals surface area contributed by atoms with E-state index in [2.05, 4.69) is 0 Å². The van der Waals surface area contributed by atoms with Crippen molar-refractivity contribution >= 4 is 23.3 Å². The Kier molecular flexibility index (Phi) is 8.51. The number of ether oxygens (including phenoxy) is 2. The number of fused-ring (bicyclic) bond motifs is 1. The molecule has 2 aromatic carbocycles. The van der Waals surface area contributed by atoms with E-state index in [4.69, 9.17) is 9.47 Å². The van der Waals surface area contributed by atoms with Gasteiger partial charge in [-0.3, -0.25) is 9.69 Å². The molecule has 2 atom stereocenters. The zero-order valence-electron chi connectivity index (χ0n) is 21.1. The standard InChI is InChI=1S/C26H22F9NO4/c1-4-17-12-19(18-11-14(24(27,28)29)6-7-20(18)36(17)23(38)40-5-2)21(22(37)39-3)13-8-15(25(30,31)32)10-16(9-13)26(33,34)35/h6-12,17,21H,4-5H2,1-3H3/t17-,21+/m1/s1. The number of anilines is 1. The van der Waals surface area contributed by atoms with Crippen LogP contribution in [0, 0.1) is 0 Å². The molecule has 0 saturated carbocycles. The number of alkyl halides is 9. The maximum absolute atomic E-state index is 13.7. The highest BCUT2D eigenvalue weighted by molar-refractivity contribution is 6.02. The Morgan fingerprint density at radius 2 is 1.40 bits per heavy atom. The van der Waals surface area contributed by atoms with Gasteiger partial charge in [0.2, 0.25) is 0 Å². The lowest BCUT2D eigenvalue weighted by molar-refractivity contribution is -0.144. The molecule has 1 aliphatic heterocycles. The molecule has 0 radical (unpaired) electrons. The smallest absolute Gasteiger partial charge is 0.416 e. The molecule has 0 N–H and O–H groups in total. The SMILES string of the molecule is CCOC(=O)N1c2ccc(C(F)(F)F)cc2C([C@@H](C(=O)OC)c2cc(C(F)(F)F)cc(C(F)(F)F)c2)=C[C@H]1CC. The number of esters is 1. The lowest BCUT2D eigenvalue weighted by atomic mass is 9.80. The summed E-state index contributed by atoms with van der Waals surface area (Å²) in [6.45, 7) is 2.95. The third-order valence-corrected chi connectivity index (χ3v) is 6.17. The van der Waals surface area contributed by atoms with Crippen molar-refractivity contribution in [2.75, 3.05) is 18.6 Å². The molecule has 5 nitrogen and oxygen atoms in total. The van der Waals surface area contributed by atoms with Crippen LogP contribution in [-0.4, -0.2) is 31.8 Å². The van der Waals surface area contributed by atoms with Crippen molar-refractivity contribution in [3.8, 4) is 0 Å². The summed E-state index contributed by atoms with van der Waals surface area (Å²) in [7, 11) is 0.826. The number of hydrogen-bond acceptors (Lipinski definition) is 4. The van der Waals surface area contributed by atoms with Crippen LogP contribution in [0.1, 0.15) is 54.0 Å². The number of rotatable bonds is 5. The van der Waals surface area contributed by atoms with Crippen LogP contribution in [0.3, 0.4) is 0 Å².